The van der Waals surface area contributed by atoms with Gasteiger partial charge < -0.3 is 4.42 Å². The van der Waals surface area contributed by atoms with E-state index < -0.39 is 0 Å². The van der Waals surface area contributed by atoms with Crippen LogP contribution in [0.4, 0.5) is 0 Å². The third-order valence-electron chi connectivity index (χ3n) is 10.5. The second-order valence-electron chi connectivity index (χ2n) is 13.9. The third-order valence-corrected chi connectivity index (χ3v) is 11.6. The lowest BCUT2D eigenvalue weighted by Gasteiger charge is -2.10. The van der Waals surface area contributed by atoms with Gasteiger partial charge in [0.1, 0.15) is 11.2 Å². The Hall–Kier alpha value is -7.21. The summed E-state index contributed by atoms with van der Waals surface area (Å²) in [4.78, 5) is 14.9. The van der Waals surface area contributed by atoms with Crippen molar-refractivity contribution in [2.75, 3.05) is 0 Å². The molecule has 3 heterocycles. The topological polar surface area (TPSA) is 51.8 Å². The molecular formula is C51H31N3OS. The Kier molecular flexibility index (Phi) is 7.64. The molecule has 8 aromatic carbocycles. The van der Waals surface area contributed by atoms with Crippen molar-refractivity contribution < 1.29 is 4.42 Å². The summed E-state index contributed by atoms with van der Waals surface area (Å²) in [5, 5.41) is 4.74. The minimum absolute atomic E-state index is 0.622. The van der Waals surface area contributed by atoms with E-state index in [2.05, 4.69) is 127 Å². The van der Waals surface area contributed by atoms with E-state index in [0.29, 0.717) is 17.5 Å². The van der Waals surface area contributed by atoms with E-state index in [9.17, 15) is 0 Å². The zero-order valence-corrected chi connectivity index (χ0v) is 30.9. The van der Waals surface area contributed by atoms with Crippen LogP contribution < -0.4 is 0 Å². The number of aromatic nitrogens is 3. The maximum Gasteiger partial charge on any atom is 0.164 e. The fourth-order valence-corrected chi connectivity index (χ4v) is 9.11. The van der Waals surface area contributed by atoms with Gasteiger partial charge in [0.2, 0.25) is 0 Å². The molecule has 5 heteroatoms. The van der Waals surface area contributed by atoms with Crippen LogP contribution in [0.5, 0.6) is 0 Å². The number of hydrogen-bond acceptors (Lipinski definition) is 5. The summed E-state index contributed by atoms with van der Waals surface area (Å²) in [7, 11) is 0. The van der Waals surface area contributed by atoms with Gasteiger partial charge in [0.25, 0.3) is 0 Å². The van der Waals surface area contributed by atoms with Crippen LogP contribution in [0.25, 0.3) is 110 Å². The Morgan fingerprint density at radius 2 is 0.893 bits per heavy atom. The van der Waals surface area contributed by atoms with Crippen molar-refractivity contribution in [1.82, 2.24) is 15.0 Å². The lowest BCUT2D eigenvalue weighted by molar-refractivity contribution is 0.670. The number of rotatable bonds is 6. The van der Waals surface area contributed by atoms with Gasteiger partial charge in [-0.15, -0.1) is 11.3 Å². The highest BCUT2D eigenvalue weighted by Gasteiger charge is 2.20. The first kappa shape index (κ1) is 32.2. The number of nitrogens with zero attached hydrogens (tertiary/aromatic N) is 3. The molecule has 0 bridgehead atoms. The molecule has 262 valence electrons. The molecule has 0 saturated heterocycles. The maximum atomic E-state index is 6.83. The average Bonchev–Trinajstić information content (AvgIpc) is 3.86. The minimum atomic E-state index is 0.622. The van der Waals surface area contributed by atoms with E-state index in [1.165, 1.54) is 31.3 Å². The molecular weight excluding hydrogens is 703 g/mol. The van der Waals surface area contributed by atoms with Gasteiger partial charge in [0, 0.05) is 53.2 Å². The monoisotopic (exact) mass is 733 g/mol. The van der Waals surface area contributed by atoms with Gasteiger partial charge in [0.05, 0.1) is 0 Å². The molecule has 0 spiro atoms. The highest BCUT2D eigenvalue weighted by Crippen LogP contribution is 2.46. The molecule has 11 aromatic rings. The number of thiophene rings is 1. The molecule has 56 heavy (non-hydrogen) atoms. The smallest absolute Gasteiger partial charge is 0.164 e. The van der Waals surface area contributed by atoms with Crippen molar-refractivity contribution >= 4 is 53.4 Å². The van der Waals surface area contributed by atoms with Crippen molar-refractivity contribution in [2.24, 2.45) is 0 Å². The summed E-state index contributed by atoms with van der Waals surface area (Å²) >= 11 is 1.84. The fourth-order valence-electron chi connectivity index (χ4n) is 7.93. The first-order valence-electron chi connectivity index (χ1n) is 18.7. The number of para-hydroxylation sites is 1. The number of fused-ring (bicyclic) bond motifs is 6. The molecule has 0 radical (unpaired) electrons. The van der Waals surface area contributed by atoms with Crippen molar-refractivity contribution in [1.29, 1.82) is 0 Å². The quantitative estimate of drug-likeness (QED) is 0.171. The van der Waals surface area contributed by atoms with Gasteiger partial charge >= 0.3 is 0 Å². The van der Waals surface area contributed by atoms with E-state index in [-0.39, 0.29) is 0 Å². The van der Waals surface area contributed by atoms with Crippen LogP contribution >= 0.6 is 11.3 Å². The molecule has 3 aromatic heterocycles. The van der Waals surface area contributed by atoms with Crippen LogP contribution in [0.15, 0.2) is 192 Å². The molecule has 0 unspecified atom stereocenters. The van der Waals surface area contributed by atoms with Crippen LogP contribution in [0, 0.1) is 0 Å². The zero-order valence-electron chi connectivity index (χ0n) is 30.1. The normalized spacial score (nSPS) is 11.6. The van der Waals surface area contributed by atoms with E-state index in [0.717, 1.165) is 60.9 Å². The predicted molar refractivity (Wildman–Crippen MR) is 233 cm³/mol. The summed E-state index contributed by atoms with van der Waals surface area (Å²) in [5.74, 6) is 1.90. The highest BCUT2D eigenvalue weighted by atomic mass is 32.1. The Morgan fingerprint density at radius 3 is 1.62 bits per heavy atom. The number of hydrogen-bond donors (Lipinski definition) is 0. The summed E-state index contributed by atoms with van der Waals surface area (Å²) in [6, 6.07) is 65.6. The second kappa shape index (κ2) is 13.3. The van der Waals surface area contributed by atoms with Crippen molar-refractivity contribution in [2.45, 2.75) is 0 Å². The predicted octanol–water partition coefficient (Wildman–Crippen LogP) is 14.1. The Labute approximate surface area is 327 Å². The molecule has 0 amide bonds. The molecule has 0 aliphatic heterocycles. The van der Waals surface area contributed by atoms with Gasteiger partial charge in [-0.1, -0.05) is 158 Å². The maximum absolute atomic E-state index is 6.83. The van der Waals surface area contributed by atoms with Gasteiger partial charge in [-0.05, 0) is 58.1 Å². The summed E-state index contributed by atoms with van der Waals surface area (Å²) in [6.45, 7) is 0. The second-order valence-corrected chi connectivity index (χ2v) is 15.0. The standard InChI is InChI=1S/C51H31N3OS/c1-4-15-32(16-5-1)42-30-37(31-45-47(42)40-23-10-11-28-44(40)56-45)39-25-13-26-41-46-38(24-14-27-43(46)55-48(39)41)35-21-12-22-36(29-35)51-53-49(33-17-6-2-7-18-33)52-50(54-51)34-19-8-3-9-20-34/h1-31H. The number of benzene rings is 8. The Balaban J connectivity index is 1.07. The van der Waals surface area contributed by atoms with Crippen molar-refractivity contribution in [3.63, 3.8) is 0 Å². The van der Waals surface area contributed by atoms with Gasteiger partial charge in [-0.2, -0.15) is 0 Å². The van der Waals surface area contributed by atoms with E-state index in [1.54, 1.807) is 0 Å². The van der Waals surface area contributed by atoms with E-state index in [4.69, 9.17) is 19.4 Å². The highest BCUT2D eigenvalue weighted by molar-refractivity contribution is 7.26. The van der Waals surface area contributed by atoms with Crippen LogP contribution in [-0.2, 0) is 0 Å². The Morgan fingerprint density at radius 1 is 0.339 bits per heavy atom. The number of furan rings is 1. The van der Waals surface area contributed by atoms with Gasteiger partial charge in [-0.3, -0.25) is 0 Å². The first-order valence-corrected chi connectivity index (χ1v) is 19.5. The summed E-state index contributed by atoms with van der Waals surface area (Å²) < 4.78 is 9.38. The van der Waals surface area contributed by atoms with E-state index >= 15 is 0 Å². The van der Waals surface area contributed by atoms with E-state index in [1.807, 2.05) is 72.0 Å². The minimum Gasteiger partial charge on any atom is -0.455 e. The van der Waals surface area contributed by atoms with Gasteiger partial charge in [-0.25, -0.2) is 15.0 Å². The third kappa shape index (κ3) is 5.48. The average molecular weight is 734 g/mol. The summed E-state index contributed by atoms with van der Waals surface area (Å²) in [6.07, 6.45) is 0. The molecule has 0 aliphatic rings. The Bertz CT molecular complexity index is 3180. The zero-order chi connectivity index (χ0) is 37.0. The molecule has 0 N–H and O–H groups in total. The van der Waals surface area contributed by atoms with Crippen LogP contribution in [0.1, 0.15) is 0 Å². The summed E-state index contributed by atoms with van der Waals surface area (Å²) in [5.41, 5.74) is 11.3. The SMILES string of the molecule is c1ccc(-c2nc(-c3ccccc3)nc(-c3cccc(-c4cccc5oc6c(-c7cc(-c8ccccc8)c8c(c7)sc7ccccc78)cccc6c45)c3)n2)cc1. The fraction of sp³-hybridized carbons (Fsp3) is 0. The lowest BCUT2D eigenvalue weighted by Crippen LogP contribution is -2.00. The molecule has 11 rings (SSSR count). The van der Waals surface area contributed by atoms with Crippen molar-refractivity contribution in [3.05, 3.63) is 188 Å². The van der Waals surface area contributed by atoms with Gasteiger partial charge in [0.15, 0.2) is 17.5 Å². The molecule has 4 nitrogen and oxygen atoms in total. The van der Waals surface area contributed by atoms with Crippen LogP contribution in [0.3, 0.4) is 0 Å². The van der Waals surface area contributed by atoms with Crippen LogP contribution in [-0.4, -0.2) is 15.0 Å². The lowest BCUT2D eigenvalue weighted by atomic mass is 9.93. The van der Waals surface area contributed by atoms with Crippen molar-refractivity contribution in [3.8, 4) is 67.5 Å². The molecule has 0 aliphatic carbocycles. The first-order chi connectivity index (χ1) is 27.7. The van der Waals surface area contributed by atoms with Crippen LogP contribution in [0.2, 0.25) is 0 Å². The largest absolute Gasteiger partial charge is 0.455 e. The molecule has 0 fully saturated rings. The molecule has 0 atom stereocenters. The molecule has 0 saturated carbocycles.